The van der Waals surface area contributed by atoms with E-state index in [1.165, 1.54) is 0 Å². The molecule has 0 saturated heterocycles. The third-order valence-electron chi connectivity index (χ3n) is 4.21. The molecule has 0 saturated carbocycles. The molecule has 0 aromatic heterocycles. The average molecular weight is 447 g/mol. The zero-order valence-corrected chi connectivity index (χ0v) is 18.3. The average Bonchev–Trinajstić information content (AvgIpc) is 2.64. The Kier molecular flexibility index (Phi) is 12.4. The van der Waals surface area contributed by atoms with E-state index in [0.717, 1.165) is 0 Å². The molecule has 0 rings (SSSR count). The minimum absolute atomic E-state index is 0.0596. The molecule has 0 heterocycles. The van der Waals surface area contributed by atoms with Crippen LogP contribution in [0.4, 0.5) is 0 Å². The lowest BCUT2D eigenvalue weighted by Gasteiger charge is -2.25. The van der Waals surface area contributed by atoms with E-state index in [1.807, 2.05) is 0 Å². The molecule has 8 N–H and O–H groups in total. The predicted molar refractivity (Wildman–Crippen MR) is 110 cm³/mol. The van der Waals surface area contributed by atoms with Crippen LogP contribution >= 0.6 is 0 Å². The molecule has 0 bridgehead atoms. The molecule has 4 atom stereocenters. The number of aliphatic hydroxyl groups is 1. The fourth-order valence-corrected chi connectivity index (χ4v) is 2.69. The second-order valence-corrected chi connectivity index (χ2v) is 8.17. The van der Waals surface area contributed by atoms with Crippen LogP contribution in [-0.2, 0) is 24.0 Å². The molecule has 4 unspecified atom stereocenters. The molecule has 0 fully saturated rings. The SMILES string of the molecule is CC(C)CC(NC(=O)C(CC(=O)O)NC(=O)C(CC(C)C)NC(=O)C(N)CO)C(=O)O. The van der Waals surface area contributed by atoms with Crippen LogP contribution in [0, 0.1) is 11.8 Å². The summed E-state index contributed by atoms with van der Waals surface area (Å²) >= 11 is 0. The lowest BCUT2D eigenvalue weighted by Crippen LogP contribution is -2.58. The van der Waals surface area contributed by atoms with Gasteiger partial charge in [-0.1, -0.05) is 27.7 Å². The van der Waals surface area contributed by atoms with Gasteiger partial charge in [-0.15, -0.1) is 0 Å². The highest BCUT2D eigenvalue weighted by molar-refractivity contribution is 5.95. The molecule has 12 nitrogen and oxygen atoms in total. The minimum Gasteiger partial charge on any atom is -0.481 e. The van der Waals surface area contributed by atoms with Crippen molar-refractivity contribution in [2.24, 2.45) is 17.6 Å². The summed E-state index contributed by atoms with van der Waals surface area (Å²) in [6, 6.07) is -5.21. The molecule has 0 aliphatic rings. The van der Waals surface area contributed by atoms with E-state index in [9.17, 15) is 29.1 Å². The Morgan fingerprint density at radius 3 is 1.58 bits per heavy atom. The zero-order valence-electron chi connectivity index (χ0n) is 18.3. The second-order valence-electron chi connectivity index (χ2n) is 8.17. The Morgan fingerprint density at radius 2 is 1.16 bits per heavy atom. The van der Waals surface area contributed by atoms with Crippen LogP contribution in [0.5, 0.6) is 0 Å². The van der Waals surface area contributed by atoms with Crippen LogP contribution < -0.4 is 21.7 Å². The van der Waals surface area contributed by atoms with Crippen LogP contribution in [0.15, 0.2) is 0 Å². The van der Waals surface area contributed by atoms with Crippen molar-refractivity contribution < 1.29 is 39.3 Å². The van der Waals surface area contributed by atoms with Gasteiger partial charge in [0.15, 0.2) is 0 Å². The third-order valence-corrected chi connectivity index (χ3v) is 4.21. The van der Waals surface area contributed by atoms with Gasteiger partial charge in [-0.25, -0.2) is 4.79 Å². The molecule has 3 amide bonds. The van der Waals surface area contributed by atoms with Crippen molar-refractivity contribution in [1.82, 2.24) is 16.0 Å². The van der Waals surface area contributed by atoms with Crippen LogP contribution in [0.25, 0.3) is 0 Å². The van der Waals surface area contributed by atoms with E-state index in [-0.39, 0.29) is 24.7 Å². The zero-order chi connectivity index (χ0) is 24.3. The third kappa shape index (κ3) is 11.3. The number of hydrogen-bond donors (Lipinski definition) is 7. The van der Waals surface area contributed by atoms with Gasteiger partial charge >= 0.3 is 11.9 Å². The molecule has 0 aliphatic carbocycles. The predicted octanol–water partition coefficient (Wildman–Crippen LogP) is -1.59. The van der Waals surface area contributed by atoms with Crippen LogP contribution in [0.3, 0.4) is 0 Å². The van der Waals surface area contributed by atoms with E-state index in [4.69, 9.17) is 15.9 Å². The number of carbonyl (C=O) groups is 5. The fraction of sp³-hybridized carbons (Fsp3) is 0.737. The summed E-state index contributed by atoms with van der Waals surface area (Å²) in [5.74, 6) is -5.38. The van der Waals surface area contributed by atoms with Crippen LogP contribution in [0.2, 0.25) is 0 Å². The molecular weight excluding hydrogens is 412 g/mol. The van der Waals surface area contributed by atoms with Crippen molar-refractivity contribution >= 4 is 29.7 Å². The van der Waals surface area contributed by atoms with Crippen molar-refractivity contribution in [1.29, 1.82) is 0 Å². The van der Waals surface area contributed by atoms with Crippen molar-refractivity contribution in [3.63, 3.8) is 0 Å². The number of amides is 3. The number of nitrogens with two attached hydrogens (primary N) is 1. The van der Waals surface area contributed by atoms with Gasteiger partial charge in [-0.05, 0) is 24.7 Å². The van der Waals surface area contributed by atoms with Crippen molar-refractivity contribution in [3.8, 4) is 0 Å². The Hall–Kier alpha value is -2.73. The normalized spacial score (nSPS) is 15.0. The van der Waals surface area contributed by atoms with Gasteiger partial charge in [0.1, 0.15) is 24.2 Å². The summed E-state index contributed by atoms with van der Waals surface area (Å²) in [5, 5.41) is 34.3. The summed E-state index contributed by atoms with van der Waals surface area (Å²) in [4.78, 5) is 59.8. The topological polar surface area (TPSA) is 208 Å². The Labute approximate surface area is 180 Å². The molecule has 0 aliphatic heterocycles. The van der Waals surface area contributed by atoms with Gasteiger partial charge < -0.3 is 37.0 Å². The smallest absolute Gasteiger partial charge is 0.326 e. The van der Waals surface area contributed by atoms with Crippen molar-refractivity contribution in [2.75, 3.05) is 6.61 Å². The highest BCUT2D eigenvalue weighted by Gasteiger charge is 2.32. The summed E-state index contributed by atoms with van der Waals surface area (Å²) in [6.07, 6.45) is -0.522. The Balaban J connectivity index is 5.49. The lowest BCUT2D eigenvalue weighted by molar-refractivity contribution is -0.144. The largest absolute Gasteiger partial charge is 0.481 e. The van der Waals surface area contributed by atoms with E-state index < -0.39 is 66.9 Å². The first kappa shape index (κ1) is 28.3. The van der Waals surface area contributed by atoms with Gasteiger partial charge in [0.2, 0.25) is 17.7 Å². The maximum atomic E-state index is 12.7. The highest BCUT2D eigenvalue weighted by atomic mass is 16.4. The van der Waals surface area contributed by atoms with Gasteiger partial charge in [-0.3, -0.25) is 19.2 Å². The molecule has 178 valence electrons. The monoisotopic (exact) mass is 446 g/mol. The lowest BCUT2D eigenvalue weighted by atomic mass is 10.0. The maximum absolute atomic E-state index is 12.7. The summed E-state index contributed by atoms with van der Waals surface area (Å²) in [5.41, 5.74) is 5.44. The van der Waals surface area contributed by atoms with Crippen molar-refractivity contribution in [2.45, 2.75) is 71.1 Å². The van der Waals surface area contributed by atoms with E-state index in [0.29, 0.717) is 0 Å². The number of aliphatic hydroxyl groups excluding tert-OH is 1. The number of aliphatic carboxylic acids is 2. The summed E-state index contributed by atoms with van der Waals surface area (Å²) < 4.78 is 0. The molecule has 0 aromatic rings. The first-order chi connectivity index (χ1) is 14.3. The van der Waals surface area contributed by atoms with Gasteiger partial charge in [0.25, 0.3) is 0 Å². The number of nitrogens with one attached hydrogen (secondary N) is 3. The number of carboxylic acid groups (broad SMARTS) is 2. The molecule has 12 heteroatoms. The maximum Gasteiger partial charge on any atom is 0.326 e. The Morgan fingerprint density at radius 1 is 0.742 bits per heavy atom. The second kappa shape index (κ2) is 13.5. The van der Waals surface area contributed by atoms with E-state index >= 15 is 0 Å². The number of rotatable bonds is 14. The summed E-state index contributed by atoms with van der Waals surface area (Å²) in [7, 11) is 0. The van der Waals surface area contributed by atoms with E-state index in [2.05, 4.69) is 16.0 Å². The molecule has 0 spiro atoms. The van der Waals surface area contributed by atoms with Crippen LogP contribution in [0.1, 0.15) is 47.0 Å². The van der Waals surface area contributed by atoms with Crippen molar-refractivity contribution in [3.05, 3.63) is 0 Å². The van der Waals surface area contributed by atoms with Gasteiger partial charge in [-0.2, -0.15) is 0 Å². The van der Waals surface area contributed by atoms with Gasteiger partial charge in [0, 0.05) is 0 Å². The van der Waals surface area contributed by atoms with Crippen LogP contribution in [-0.4, -0.2) is 75.8 Å². The highest BCUT2D eigenvalue weighted by Crippen LogP contribution is 2.08. The Bertz CT molecular complexity index is 653. The fourth-order valence-electron chi connectivity index (χ4n) is 2.69. The number of carboxylic acids is 2. The first-order valence-corrected chi connectivity index (χ1v) is 10.0. The molecule has 31 heavy (non-hydrogen) atoms. The summed E-state index contributed by atoms with van der Waals surface area (Å²) in [6.45, 7) is 6.44. The molecule has 0 radical (unpaired) electrons. The molecular formula is C19H34N4O8. The number of hydrogen-bond acceptors (Lipinski definition) is 7. The molecule has 0 aromatic carbocycles. The first-order valence-electron chi connectivity index (χ1n) is 10.0. The minimum atomic E-state index is -1.56. The quantitative estimate of drug-likeness (QED) is 0.164. The van der Waals surface area contributed by atoms with E-state index in [1.54, 1.807) is 27.7 Å². The van der Waals surface area contributed by atoms with Gasteiger partial charge in [0.05, 0.1) is 13.0 Å². The number of carbonyl (C=O) groups excluding carboxylic acids is 3. The standard InChI is InChI=1S/C19H34N4O8/c1-9(2)5-12(21-16(27)11(20)8-24)17(28)22-13(7-15(25)26)18(29)23-14(19(30)31)6-10(3)4/h9-14,24H,5-8,20H2,1-4H3,(H,21,27)(H,22,28)(H,23,29)(H,25,26)(H,30,31).